The summed E-state index contributed by atoms with van der Waals surface area (Å²) in [6.45, 7) is -0.0629. The first-order valence-electron chi connectivity index (χ1n) is 9.96. The van der Waals surface area contributed by atoms with E-state index in [9.17, 15) is 26.8 Å². The summed E-state index contributed by atoms with van der Waals surface area (Å²) >= 11 is 0. The van der Waals surface area contributed by atoms with Crippen molar-refractivity contribution >= 4 is 21.8 Å². The molecule has 2 fully saturated rings. The van der Waals surface area contributed by atoms with Gasteiger partial charge >= 0.3 is 11.8 Å². The van der Waals surface area contributed by atoms with Gasteiger partial charge in [-0.3, -0.25) is 9.59 Å². The van der Waals surface area contributed by atoms with Crippen LogP contribution in [-0.2, 0) is 24.3 Å². The Morgan fingerprint density at radius 3 is 2.57 bits per heavy atom. The zero-order valence-electron chi connectivity index (χ0n) is 16.4. The highest BCUT2D eigenvalue weighted by Gasteiger charge is 2.36. The number of nitrogens with zero attached hydrogens (tertiary/aromatic N) is 1. The van der Waals surface area contributed by atoms with Crippen molar-refractivity contribution in [2.75, 3.05) is 19.7 Å². The Morgan fingerprint density at radius 1 is 1.10 bits per heavy atom. The third kappa shape index (κ3) is 5.32. The van der Waals surface area contributed by atoms with Crippen molar-refractivity contribution in [1.29, 1.82) is 0 Å². The Morgan fingerprint density at radius 2 is 1.83 bits per heavy atom. The summed E-state index contributed by atoms with van der Waals surface area (Å²) in [5, 5.41) is 5.04. The largest absolute Gasteiger partial charge is 0.360 e. The van der Waals surface area contributed by atoms with Gasteiger partial charge in [0.1, 0.15) is 22.8 Å². The molecule has 2 amide bonds. The Hall–Kier alpha value is -2.11. The highest BCUT2D eigenvalue weighted by molar-refractivity contribution is 7.89. The van der Waals surface area contributed by atoms with E-state index in [1.807, 2.05) is 0 Å². The van der Waals surface area contributed by atoms with E-state index in [-0.39, 0.29) is 25.7 Å². The maximum atomic E-state index is 14.1. The lowest BCUT2D eigenvalue weighted by atomic mass is 9.95. The minimum atomic E-state index is -4.41. The molecule has 30 heavy (non-hydrogen) atoms. The molecule has 8 nitrogen and oxygen atoms in total. The van der Waals surface area contributed by atoms with Crippen LogP contribution >= 0.6 is 0 Å². The molecule has 2 N–H and O–H groups in total. The molecule has 0 bridgehead atoms. The van der Waals surface area contributed by atoms with Gasteiger partial charge in [-0.15, -0.1) is 0 Å². The SMILES string of the molecule is O=C(NC[C@@H]1OCCCN1S(=O)(=O)c1cc(F)ccc1F)C(=O)NC1CCCCC1. The van der Waals surface area contributed by atoms with Gasteiger partial charge in [-0.05, 0) is 37.5 Å². The van der Waals surface area contributed by atoms with Gasteiger partial charge in [-0.25, -0.2) is 17.2 Å². The van der Waals surface area contributed by atoms with Crippen molar-refractivity contribution in [2.24, 2.45) is 0 Å². The van der Waals surface area contributed by atoms with Crippen molar-refractivity contribution in [3.05, 3.63) is 29.8 Å². The van der Waals surface area contributed by atoms with E-state index < -0.39 is 44.6 Å². The first-order valence-corrected chi connectivity index (χ1v) is 11.4. The first-order chi connectivity index (χ1) is 14.3. The van der Waals surface area contributed by atoms with Gasteiger partial charge in [-0.2, -0.15) is 4.31 Å². The zero-order valence-corrected chi connectivity index (χ0v) is 17.2. The third-order valence-electron chi connectivity index (χ3n) is 5.22. The van der Waals surface area contributed by atoms with Gasteiger partial charge in [0.25, 0.3) is 0 Å². The van der Waals surface area contributed by atoms with Crippen molar-refractivity contribution < 1.29 is 31.5 Å². The van der Waals surface area contributed by atoms with Crippen LogP contribution in [0.2, 0.25) is 0 Å². The zero-order chi connectivity index (χ0) is 21.7. The molecule has 0 spiro atoms. The number of nitrogens with one attached hydrogen (secondary N) is 2. The highest BCUT2D eigenvalue weighted by Crippen LogP contribution is 2.25. The number of amides is 2. The predicted molar refractivity (Wildman–Crippen MR) is 103 cm³/mol. The lowest BCUT2D eigenvalue weighted by molar-refractivity contribution is -0.140. The molecule has 1 atom stereocenters. The van der Waals surface area contributed by atoms with E-state index in [1.54, 1.807) is 0 Å². The molecule has 3 rings (SSSR count). The van der Waals surface area contributed by atoms with E-state index in [1.165, 1.54) is 0 Å². The first kappa shape index (κ1) is 22.6. The van der Waals surface area contributed by atoms with Crippen molar-refractivity contribution in [1.82, 2.24) is 14.9 Å². The van der Waals surface area contributed by atoms with E-state index in [2.05, 4.69) is 10.6 Å². The Bertz CT molecular complexity index is 890. The summed E-state index contributed by atoms with van der Waals surface area (Å²) in [5.74, 6) is -3.67. The summed E-state index contributed by atoms with van der Waals surface area (Å²) in [7, 11) is -4.41. The quantitative estimate of drug-likeness (QED) is 0.664. The maximum absolute atomic E-state index is 14.1. The number of hydrogen-bond donors (Lipinski definition) is 2. The third-order valence-corrected chi connectivity index (χ3v) is 7.12. The van der Waals surface area contributed by atoms with Gasteiger partial charge < -0.3 is 15.4 Å². The number of halogens is 2. The molecule has 1 saturated heterocycles. The second-order valence-electron chi connectivity index (χ2n) is 7.39. The number of ether oxygens (including phenoxy) is 1. The van der Waals surface area contributed by atoms with Crippen LogP contribution in [0.15, 0.2) is 23.1 Å². The van der Waals surface area contributed by atoms with E-state index in [0.29, 0.717) is 12.5 Å². The number of benzene rings is 1. The standard InChI is InChI=1S/C19H25F2N3O5S/c20-13-7-8-15(21)16(11-13)30(27,28)24-9-4-10-29-17(24)12-22-18(25)19(26)23-14-5-2-1-3-6-14/h7-8,11,14,17H,1-6,9-10,12H2,(H,22,25)(H,23,26)/t17-/m0/s1. The minimum Gasteiger partial charge on any atom is -0.360 e. The van der Waals surface area contributed by atoms with E-state index >= 15 is 0 Å². The normalized spacial score (nSPS) is 21.2. The van der Waals surface area contributed by atoms with E-state index in [4.69, 9.17) is 4.74 Å². The topological polar surface area (TPSA) is 105 Å². The van der Waals surface area contributed by atoms with Crippen LogP contribution in [0.1, 0.15) is 38.5 Å². The van der Waals surface area contributed by atoms with Gasteiger partial charge in [0, 0.05) is 12.6 Å². The molecule has 2 aliphatic rings. The molecule has 1 aliphatic carbocycles. The molecule has 0 unspecified atom stereocenters. The second-order valence-corrected chi connectivity index (χ2v) is 9.25. The predicted octanol–water partition coefficient (Wildman–Crippen LogP) is 1.27. The Balaban J connectivity index is 1.64. The van der Waals surface area contributed by atoms with Crippen LogP contribution in [0.4, 0.5) is 8.78 Å². The molecule has 11 heteroatoms. The van der Waals surface area contributed by atoms with E-state index in [0.717, 1.165) is 48.5 Å². The number of carbonyl (C=O) groups is 2. The molecular formula is C19H25F2N3O5S. The van der Waals surface area contributed by atoms with Gasteiger partial charge in [-0.1, -0.05) is 19.3 Å². The van der Waals surface area contributed by atoms with Crippen LogP contribution in [0.5, 0.6) is 0 Å². The average molecular weight is 445 g/mol. The molecule has 1 heterocycles. The van der Waals surface area contributed by atoms with Crippen molar-refractivity contribution in [2.45, 2.75) is 55.7 Å². The maximum Gasteiger partial charge on any atom is 0.309 e. The number of hydrogen-bond acceptors (Lipinski definition) is 5. The lowest BCUT2D eigenvalue weighted by Gasteiger charge is -2.34. The highest BCUT2D eigenvalue weighted by atomic mass is 32.2. The van der Waals surface area contributed by atoms with Crippen molar-refractivity contribution in [3.8, 4) is 0 Å². The number of rotatable bonds is 5. The fraction of sp³-hybridized carbons (Fsp3) is 0.579. The molecular weight excluding hydrogens is 420 g/mol. The number of carbonyl (C=O) groups excluding carboxylic acids is 2. The van der Waals surface area contributed by atoms with Gasteiger partial charge in [0.2, 0.25) is 10.0 Å². The monoisotopic (exact) mass is 445 g/mol. The summed E-state index contributed by atoms with van der Waals surface area (Å²) in [4.78, 5) is 23.4. The molecule has 1 saturated carbocycles. The summed E-state index contributed by atoms with van der Waals surface area (Å²) in [5.41, 5.74) is 0. The van der Waals surface area contributed by atoms with Crippen LogP contribution in [0, 0.1) is 11.6 Å². The van der Waals surface area contributed by atoms with Gasteiger partial charge in [0.05, 0.1) is 13.2 Å². The van der Waals surface area contributed by atoms with Crippen LogP contribution < -0.4 is 10.6 Å². The minimum absolute atomic E-state index is 0.00704. The molecule has 0 radical (unpaired) electrons. The van der Waals surface area contributed by atoms with Gasteiger partial charge in [0.15, 0.2) is 0 Å². The van der Waals surface area contributed by atoms with Crippen molar-refractivity contribution in [3.63, 3.8) is 0 Å². The number of sulfonamides is 1. The summed E-state index contributed by atoms with van der Waals surface area (Å²) in [6, 6.07) is 2.12. The molecule has 1 aromatic rings. The Kier molecular flexibility index (Phi) is 7.37. The fourth-order valence-corrected chi connectivity index (χ4v) is 5.30. The summed E-state index contributed by atoms with van der Waals surface area (Å²) in [6.07, 6.45) is 3.93. The summed E-state index contributed by atoms with van der Waals surface area (Å²) < 4.78 is 59.6. The molecule has 166 valence electrons. The van der Waals surface area contributed by atoms with Crippen LogP contribution in [-0.4, -0.2) is 56.5 Å². The average Bonchev–Trinajstić information content (AvgIpc) is 2.74. The van der Waals surface area contributed by atoms with Crippen LogP contribution in [0.3, 0.4) is 0 Å². The lowest BCUT2D eigenvalue weighted by Crippen LogP contribution is -2.53. The Labute approximate surface area is 174 Å². The fourth-order valence-electron chi connectivity index (χ4n) is 3.66. The second kappa shape index (κ2) is 9.80. The van der Waals surface area contributed by atoms with Crippen LogP contribution in [0.25, 0.3) is 0 Å². The molecule has 1 aliphatic heterocycles. The molecule has 0 aromatic heterocycles. The smallest absolute Gasteiger partial charge is 0.309 e. The molecule has 1 aromatic carbocycles.